The van der Waals surface area contributed by atoms with Crippen molar-refractivity contribution in [3.63, 3.8) is 0 Å². The van der Waals surface area contributed by atoms with Crippen LogP contribution in [0.3, 0.4) is 0 Å². The highest BCUT2D eigenvalue weighted by molar-refractivity contribution is 7.14. The van der Waals surface area contributed by atoms with E-state index >= 15 is 0 Å². The summed E-state index contributed by atoms with van der Waals surface area (Å²) in [7, 11) is 0. The molecular formula is C20H20N2O3S. The molecule has 0 saturated heterocycles. The second-order valence-corrected chi connectivity index (χ2v) is 8.07. The molecule has 0 amide bonds. The zero-order valence-electron chi connectivity index (χ0n) is 14.8. The lowest BCUT2D eigenvalue weighted by atomic mass is 9.90. The van der Waals surface area contributed by atoms with Gasteiger partial charge in [-0.3, -0.25) is 9.20 Å². The normalized spacial score (nSPS) is 16.5. The first kappa shape index (κ1) is 17.0. The molecule has 1 atom stereocenters. The lowest BCUT2D eigenvalue weighted by Crippen LogP contribution is -2.18. The van der Waals surface area contributed by atoms with Crippen molar-refractivity contribution in [1.82, 2.24) is 9.38 Å². The van der Waals surface area contributed by atoms with Gasteiger partial charge in [0.1, 0.15) is 17.1 Å². The molecule has 0 bridgehead atoms. The Kier molecular flexibility index (Phi) is 4.36. The fourth-order valence-electron chi connectivity index (χ4n) is 3.45. The van der Waals surface area contributed by atoms with E-state index in [2.05, 4.69) is 11.9 Å². The van der Waals surface area contributed by atoms with Gasteiger partial charge < -0.3 is 4.74 Å². The van der Waals surface area contributed by atoms with Gasteiger partial charge in [-0.25, -0.2) is 9.78 Å². The van der Waals surface area contributed by atoms with Crippen LogP contribution in [0.5, 0.6) is 0 Å². The van der Waals surface area contributed by atoms with E-state index in [4.69, 9.17) is 4.74 Å². The third kappa shape index (κ3) is 3.17. The van der Waals surface area contributed by atoms with Crippen LogP contribution in [0.1, 0.15) is 44.8 Å². The summed E-state index contributed by atoms with van der Waals surface area (Å²) in [4.78, 5) is 31.0. The summed E-state index contributed by atoms with van der Waals surface area (Å²) in [6.45, 7) is 4.09. The van der Waals surface area contributed by atoms with Crippen molar-refractivity contribution in [1.29, 1.82) is 0 Å². The molecule has 26 heavy (non-hydrogen) atoms. The highest BCUT2D eigenvalue weighted by atomic mass is 32.1. The maximum Gasteiger partial charge on any atom is 0.348 e. The second-order valence-electron chi connectivity index (χ2n) is 6.93. The van der Waals surface area contributed by atoms with Gasteiger partial charge in [-0.1, -0.05) is 13.0 Å². The summed E-state index contributed by atoms with van der Waals surface area (Å²) in [6, 6.07) is 8.87. The van der Waals surface area contributed by atoms with E-state index in [0.717, 1.165) is 18.5 Å². The van der Waals surface area contributed by atoms with Crippen LogP contribution in [0.15, 0.2) is 35.1 Å². The topological polar surface area (TPSA) is 60.7 Å². The van der Waals surface area contributed by atoms with E-state index in [1.165, 1.54) is 34.3 Å². The maximum absolute atomic E-state index is 12.4. The van der Waals surface area contributed by atoms with Crippen LogP contribution in [0.2, 0.25) is 0 Å². The van der Waals surface area contributed by atoms with Crippen molar-refractivity contribution in [2.24, 2.45) is 5.92 Å². The molecule has 5 nitrogen and oxygen atoms in total. The van der Waals surface area contributed by atoms with Crippen LogP contribution in [-0.4, -0.2) is 15.4 Å². The number of fused-ring (bicyclic) bond motifs is 2. The van der Waals surface area contributed by atoms with Gasteiger partial charge in [0, 0.05) is 16.6 Å². The molecule has 0 spiro atoms. The zero-order chi connectivity index (χ0) is 18.3. The number of thiophene rings is 1. The SMILES string of the molecule is Cc1cccc2nc(COC(=O)c3cc4c(s3)CCC(C)C4)cc(=O)n12. The van der Waals surface area contributed by atoms with Gasteiger partial charge >= 0.3 is 5.97 Å². The van der Waals surface area contributed by atoms with Gasteiger partial charge in [-0.15, -0.1) is 11.3 Å². The smallest absolute Gasteiger partial charge is 0.348 e. The summed E-state index contributed by atoms with van der Waals surface area (Å²) in [5, 5.41) is 0. The van der Waals surface area contributed by atoms with E-state index in [0.29, 0.717) is 22.1 Å². The lowest BCUT2D eigenvalue weighted by molar-refractivity contribution is 0.0473. The molecule has 1 aliphatic carbocycles. The first-order valence-corrected chi connectivity index (χ1v) is 9.60. The minimum absolute atomic E-state index is 0.00250. The fourth-order valence-corrected chi connectivity index (χ4v) is 4.56. The largest absolute Gasteiger partial charge is 0.455 e. The number of ether oxygens (including phenoxy) is 1. The summed E-state index contributed by atoms with van der Waals surface area (Å²) in [5.74, 6) is 0.322. The summed E-state index contributed by atoms with van der Waals surface area (Å²) < 4.78 is 6.96. The van der Waals surface area contributed by atoms with Crippen LogP contribution in [0.4, 0.5) is 0 Å². The number of aromatic nitrogens is 2. The van der Waals surface area contributed by atoms with Crippen molar-refractivity contribution >= 4 is 23.0 Å². The number of hydrogen-bond donors (Lipinski definition) is 0. The molecular weight excluding hydrogens is 348 g/mol. The van der Waals surface area contributed by atoms with E-state index in [1.807, 2.05) is 25.1 Å². The highest BCUT2D eigenvalue weighted by Crippen LogP contribution is 2.32. The molecule has 3 aromatic rings. The minimum Gasteiger partial charge on any atom is -0.455 e. The average Bonchev–Trinajstić information content (AvgIpc) is 3.02. The molecule has 1 aliphatic rings. The Balaban J connectivity index is 1.51. The minimum atomic E-state index is -0.344. The zero-order valence-corrected chi connectivity index (χ0v) is 15.6. The third-order valence-corrected chi connectivity index (χ3v) is 6.03. The van der Waals surface area contributed by atoms with Gasteiger partial charge in [0.25, 0.3) is 5.56 Å². The van der Waals surface area contributed by atoms with Crippen molar-refractivity contribution in [2.45, 2.75) is 39.7 Å². The summed E-state index contributed by atoms with van der Waals surface area (Å²) in [5.41, 5.74) is 2.95. The second kappa shape index (κ2) is 6.68. The molecule has 134 valence electrons. The van der Waals surface area contributed by atoms with Gasteiger partial charge in [-0.05, 0) is 55.9 Å². The highest BCUT2D eigenvalue weighted by Gasteiger charge is 2.21. The Morgan fingerprint density at radius 1 is 1.38 bits per heavy atom. The predicted molar refractivity (Wildman–Crippen MR) is 101 cm³/mol. The van der Waals surface area contributed by atoms with Crippen molar-refractivity contribution in [2.75, 3.05) is 0 Å². The van der Waals surface area contributed by atoms with Crippen LogP contribution in [0, 0.1) is 12.8 Å². The van der Waals surface area contributed by atoms with Crippen LogP contribution < -0.4 is 5.56 Å². The predicted octanol–water partition coefficient (Wildman–Crippen LogP) is 3.55. The molecule has 1 unspecified atom stereocenters. The lowest BCUT2D eigenvalue weighted by Gasteiger charge is -2.16. The van der Waals surface area contributed by atoms with Gasteiger partial charge in [0.2, 0.25) is 0 Å². The van der Waals surface area contributed by atoms with Gasteiger partial charge in [-0.2, -0.15) is 0 Å². The molecule has 0 radical (unpaired) electrons. The number of carbonyl (C=O) groups excluding carboxylic acids is 1. The number of rotatable bonds is 3. The summed E-state index contributed by atoms with van der Waals surface area (Å²) >= 11 is 1.53. The Hall–Kier alpha value is -2.47. The van der Waals surface area contributed by atoms with Crippen LogP contribution in [-0.2, 0) is 24.2 Å². The molecule has 3 aromatic heterocycles. The number of esters is 1. The maximum atomic E-state index is 12.4. The van der Waals surface area contributed by atoms with E-state index in [1.54, 1.807) is 10.5 Å². The van der Waals surface area contributed by atoms with E-state index in [-0.39, 0.29) is 18.1 Å². The Labute approximate surface area is 155 Å². The molecule has 0 N–H and O–H groups in total. The molecule has 0 fully saturated rings. The molecule has 3 heterocycles. The average molecular weight is 368 g/mol. The standard InChI is InChI=1S/C20H20N2O3S/c1-12-6-7-16-14(8-12)9-17(26-16)20(24)25-11-15-10-19(23)22-13(2)4-3-5-18(22)21-15/h3-5,9-10,12H,6-8,11H2,1-2H3. The fraction of sp³-hybridized carbons (Fsp3) is 0.350. The Morgan fingerprint density at radius 2 is 2.23 bits per heavy atom. The molecule has 4 rings (SSSR count). The number of pyridine rings is 1. The van der Waals surface area contributed by atoms with Gasteiger partial charge in [0.05, 0.1) is 5.69 Å². The van der Waals surface area contributed by atoms with Crippen LogP contribution >= 0.6 is 11.3 Å². The van der Waals surface area contributed by atoms with E-state index < -0.39 is 0 Å². The monoisotopic (exact) mass is 368 g/mol. The van der Waals surface area contributed by atoms with Gasteiger partial charge in [0.15, 0.2) is 0 Å². The Bertz CT molecular complexity index is 1050. The van der Waals surface area contributed by atoms with Crippen molar-refractivity contribution < 1.29 is 9.53 Å². The molecule has 6 heteroatoms. The third-order valence-electron chi connectivity index (χ3n) is 4.81. The Morgan fingerprint density at radius 3 is 3.08 bits per heavy atom. The molecule has 0 aliphatic heterocycles. The van der Waals surface area contributed by atoms with Crippen LogP contribution in [0.25, 0.3) is 5.65 Å². The first-order chi connectivity index (χ1) is 12.5. The number of nitrogens with zero attached hydrogens (tertiary/aromatic N) is 2. The molecule has 0 saturated carbocycles. The summed E-state index contributed by atoms with van der Waals surface area (Å²) in [6.07, 6.45) is 3.24. The number of aryl methyl sites for hydroxylation is 2. The van der Waals surface area contributed by atoms with E-state index in [9.17, 15) is 9.59 Å². The van der Waals surface area contributed by atoms with Crippen molar-refractivity contribution in [3.8, 4) is 0 Å². The quantitative estimate of drug-likeness (QED) is 0.664. The molecule has 0 aromatic carbocycles. The van der Waals surface area contributed by atoms with Crippen molar-refractivity contribution in [3.05, 3.63) is 67.4 Å². The number of carbonyl (C=O) groups is 1. The number of hydrogen-bond acceptors (Lipinski definition) is 5. The first-order valence-electron chi connectivity index (χ1n) is 8.78.